The standard InChI is InChI=1S/C25H19Cl3N4O3/c1-14-23(25(34)30-13-16-9-10-29-22(11-16)35-15(2)33)31-32(21-8-7-19(27)12-20(21)28)24(14)17-3-5-18(26)6-4-17/h3-12H,13H2,1-2H3,(H,30,34). The van der Waals surface area contributed by atoms with Gasteiger partial charge in [0.15, 0.2) is 5.69 Å². The Balaban J connectivity index is 1.69. The first-order chi connectivity index (χ1) is 16.7. The fourth-order valence-corrected chi connectivity index (χ4v) is 4.13. The van der Waals surface area contributed by atoms with Crippen LogP contribution in [0.25, 0.3) is 16.9 Å². The van der Waals surface area contributed by atoms with Gasteiger partial charge in [-0.3, -0.25) is 9.59 Å². The van der Waals surface area contributed by atoms with Crippen molar-refractivity contribution >= 4 is 46.7 Å². The van der Waals surface area contributed by atoms with Crippen LogP contribution in [0.2, 0.25) is 15.1 Å². The molecule has 2 aromatic heterocycles. The molecule has 2 heterocycles. The summed E-state index contributed by atoms with van der Waals surface area (Å²) in [4.78, 5) is 28.3. The average Bonchev–Trinajstić information content (AvgIpc) is 3.14. The number of halogens is 3. The van der Waals surface area contributed by atoms with Crippen molar-refractivity contribution in [3.8, 4) is 22.8 Å². The summed E-state index contributed by atoms with van der Waals surface area (Å²) in [6.07, 6.45) is 1.50. The predicted molar refractivity (Wildman–Crippen MR) is 135 cm³/mol. The number of rotatable bonds is 6. The number of hydrogen-bond donors (Lipinski definition) is 1. The SMILES string of the molecule is CC(=O)Oc1cc(CNC(=O)c2nn(-c3ccc(Cl)cc3Cl)c(-c3ccc(Cl)cc3)c2C)ccn1. The fourth-order valence-electron chi connectivity index (χ4n) is 3.52. The molecule has 0 aliphatic rings. The molecule has 35 heavy (non-hydrogen) atoms. The second-order valence-electron chi connectivity index (χ2n) is 7.62. The Bertz CT molecular complexity index is 1420. The molecule has 1 amide bonds. The van der Waals surface area contributed by atoms with Crippen molar-refractivity contribution in [3.63, 3.8) is 0 Å². The summed E-state index contributed by atoms with van der Waals surface area (Å²) in [6, 6.07) is 15.6. The Kier molecular flexibility index (Phi) is 7.40. The van der Waals surface area contributed by atoms with E-state index in [-0.39, 0.29) is 24.0 Å². The normalized spacial score (nSPS) is 10.8. The molecule has 0 saturated heterocycles. The second kappa shape index (κ2) is 10.5. The van der Waals surface area contributed by atoms with E-state index < -0.39 is 5.97 Å². The number of esters is 1. The number of pyridine rings is 1. The lowest BCUT2D eigenvalue weighted by atomic mass is 10.1. The molecule has 178 valence electrons. The Morgan fingerprint density at radius 1 is 1.00 bits per heavy atom. The van der Waals surface area contributed by atoms with Crippen LogP contribution in [0.5, 0.6) is 5.88 Å². The van der Waals surface area contributed by atoms with E-state index in [2.05, 4.69) is 15.4 Å². The summed E-state index contributed by atoms with van der Waals surface area (Å²) < 4.78 is 6.62. The van der Waals surface area contributed by atoms with E-state index in [1.165, 1.54) is 13.1 Å². The molecule has 0 bridgehead atoms. The molecule has 0 unspecified atom stereocenters. The van der Waals surface area contributed by atoms with E-state index in [1.807, 2.05) is 19.1 Å². The van der Waals surface area contributed by atoms with E-state index >= 15 is 0 Å². The quantitative estimate of drug-likeness (QED) is 0.307. The highest BCUT2D eigenvalue weighted by Gasteiger charge is 2.23. The molecule has 7 nitrogen and oxygen atoms in total. The largest absolute Gasteiger partial charge is 0.408 e. The van der Waals surface area contributed by atoms with Crippen LogP contribution in [0, 0.1) is 6.92 Å². The number of hydrogen-bond acceptors (Lipinski definition) is 5. The van der Waals surface area contributed by atoms with Crippen molar-refractivity contribution in [2.45, 2.75) is 20.4 Å². The van der Waals surface area contributed by atoms with Gasteiger partial charge in [0.2, 0.25) is 5.88 Å². The number of amides is 1. The molecule has 0 aliphatic heterocycles. The molecule has 10 heteroatoms. The molecule has 4 aromatic rings. The van der Waals surface area contributed by atoms with Crippen molar-refractivity contribution < 1.29 is 14.3 Å². The number of aromatic nitrogens is 3. The van der Waals surface area contributed by atoms with Crippen molar-refractivity contribution in [1.82, 2.24) is 20.1 Å². The van der Waals surface area contributed by atoms with Crippen LogP contribution in [0.3, 0.4) is 0 Å². The van der Waals surface area contributed by atoms with Gasteiger partial charge in [-0.05, 0) is 48.9 Å². The highest BCUT2D eigenvalue weighted by atomic mass is 35.5. The lowest BCUT2D eigenvalue weighted by Crippen LogP contribution is -2.24. The monoisotopic (exact) mass is 528 g/mol. The van der Waals surface area contributed by atoms with E-state index in [4.69, 9.17) is 39.5 Å². The lowest BCUT2D eigenvalue weighted by molar-refractivity contribution is -0.132. The molecule has 0 fully saturated rings. The third kappa shape index (κ3) is 5.65. The molecule has 1 N–H and O–H groups in total. The summed E-state index contributed by atoms with van der Waals surface area (Å²) in [7, 11) is 0. The van der Waals surface area contributed by atoms with Gasteiger partial charge in [0.1, 0.15) is 0 Å². The molecule has 0 aliphatic carbocycles. The van der Waals surface area contributed by atoms with Crippen molar-refractivity contribution in [1.29, 1.82) is 0 Å². The smallest absolute Gasteiger partial charge is 0.309 e. The molecule has 2 aromatic carbocycles. The number of benzene rings is 2. The Hall–Kier alpha value is -3.39. The van der Waals surface area contributed by atoms with Gasteiger partial charge in [-0.1, -0.05) is 46.9 Å². The first kappa shape index (κ1) is 24.7. The number of carbonyl (C=O) groups excluding carboxylic acids is 2. The van der Waals surface area contributed by atoms with Gasteiger partial charge in [0.05, 0.1) is 16.4 Å². The number of ether oxygens (including phenoxy) is 1. The highest BCUT2D eigenvalue weighted by Crippen LogP contribution is 2.33. The molecule has 4 rings (SSSR count). The van der Waals surface area contributed by atoms with Crippen LogP contribution in [-0.4, -0.2) is 26.6 Å². The molecular formula is C25H19Cl3N4O3. The maximum Gasteiger partial charge on any atom is 0.309 e. The maximum atomic E-state index is 13.2. The van der Waals surface area contributed by atoms with Gasteiger partial charge < -0.3 is 10.1 Å². The zero-order valence-corrected chi connectivity index (χ0v) is 20.9. The fraction of sp³-hybridized carbons (Fsp3) is 0.120. The van der Waals surface area contributed by atoms with Gasteiger partial charge in [-0.15, -0.1) is 0 Å². The lowest BCUT2D eigenvalue weighted by Gasteiger charge is -2.11. The molecule has 0 saturated carbocycles. The molecule has 0 spiro atoms. The van der Waals surface area contributed by atoms with Gasteiger partial charge >= 0.3 is 5.97 Å². The summed E-state index contributed by atoms with van der Waals surface area (Å²) >= 11 is 18.6. The Morgan fingerprint density at radius 3 is 2.40 bits per heavy atom. The molecule has 0 atom stereocenters. The minimum atomic E-state index is -0.476. The Morgan fingerprint density at radius 2 is 1.71 bits per heavy atom. The summed E-state index contributed by atoms with van der Waals surface area (Å²) in [6.45, 7) is 3.29. The zero-order chi connectivity index (χ0) is 25.1. The molecule has 0 radical (unpaired) electrons. The van der Waals surface area contributed by atoms with Crippen molar-refractivity contribution in [2.24, 2.45) is 0 Å². The predicted octanol–water partition coefficient (Wildman–Crippen LogP) is 6.06. The number of nitrogens with one attached hydrogen (secondary N) is 1. The number of nitrogens with zero attached hydrogens (tertiary/aromatic N) is 3. The van der Waals surface area contributed by atoms with E-state index in [0.29, 0.717) is 37.6 Å². The average molecular weight is 530 g/mol. The van der Waals surface area contributed by atoms with Crippen LogP contribution < -0.4 is 10.1 Å². The Labute approximate surface area is 216 Å². The number of carbonyl (C=O) groups is 2. The zero-order valence-electron chi connectivity index (χ0n) is 18.7. The maximum absolute atomic E-state index is 13.2. The third-order valence-corrected chi connectivity index (χ3v) is 5.88. The van der Waals surface area contributed by atoms with Crippen LogP contribution in [0.15, 0.2) is 60.8 Å². The summed E-state index contributed by atoms with van der Waals surface area (Å²) in [5, 5.41) is 8.92. The first-order valence-electron chi connectivity index (χ1n) is 10.5. The van der Waals surface area contributed by atoms with E-state index in [9.17, 15) is 9.59 Å². The minimum Gasteiger partial charge on any atom is -0.408 e. The van der Waals surface area contributed by atoms with Crippen LogP contribution in [-0.2, 0) is 11.3 Å². The highest BCUT2D eigenvalue weighted by molar-refractivity contribution is 6.35. The van der Waals surface area contributed by atoms with E-state index in [1.54, 1.807) is 47.1 Å². The molecular weight excluding hydrogens is 511 g/mol. The van der Waals surface area contributed by atoms with Crippen molar-refractivity contribution in [2.75, 3.05) is 0 Å². The third-order valence-electron chi connectivity index (χ3n) is 5.09. The van der Waals surface area contributed by atoms with Gasteiger partial charge in [0.25, 0.3) is 5.91 Å². The van der Waals surface area contributed by atoms with Gasteiger partial charge in [-0.2, -0.15) is 5.10 Å². The topological polar surface area (TPSA) is 86.1 Å². The van der Waals surface area contributed by atoms with Crippen molar-refractivity contribution in [3.05, 3.63) is 92.7 Å². The second-order valence-corrected chi connectivity index (χ2v) is 8.90. The van der Waals surface area contributed by atoms with Crippen LogP contribution >= 0.6 is 34.8 Å². The summed E-state index contributed by atoms with van der Waals surface area (Å²) in [5.74, 6) is -0.699. The van der Waals surface area contributed by atoms with Gasteiger partial charge in [0, 0.05) is 46.9 Å². The minimum absolute atomic E-state index is 0.159. The van der Waals surface area contributed by atoms with E-state index in [0.717, 1.165) is 5.56 Å². The van der Waals surface area contributed by atoms with Gasteiger partial charge in [-0.25, -0.2) is 9.67 Å². The first-order valence-corrected chi connectivity index (χ1v) is 11.6. The summed E-state index contributed by atoms with van der Waals surface area (Å²) in [5.41, 5.74) is 3.67. The van der Waals surface area contributed by atoms with Crippen LogP contribution in [0.1, 0.15) is 28.5 Å². The van der Waals surface area contributed by atoms with Crippen LogP contribution in [0.4, 0.5) is 0 Å².